The highest BCUT2D eigenvalue weighted by molar-refractivity contribution is 7.92. The summed E-state index contributed by atoms with van der Waals surface area (Å²) in [6.45, 7) is 3.31. The highest BCUT2D eigenvalue weighted by Crippen LogP contribution is 2.26. The quantitative estimate of drug-likeness (QED) is 0.568. The van der Waals surface area contributed by atoms with Crippen LogP contribution in [0.1, 0.15) is 23.7 Å². The fourth-order valence-electron chi connectivity index (χ4n) is 2.37. The molecule has 0 fully saturated rings. The van der Waals surface area contributed by atoms with E-state index in [1.807, 2.05) is 6.92 Å². The van der Waals surface area contributed by atoms with Gasteiger partial charge in [0.25, 0.3) is 15.9 Å². The minimum atomic E-state index is -3.98. The van der Waals surface area contributed by atoms with Crippen molar-refractivity contribution in [3.8, 4) is 5.75 Å². The number of hydrogen-bond acceptors (Lipinski definition) is 5. The topological polar surface area (TPSA) is 93.7 Å². The molecule has 2 aromatic carbocycles. The van der Waals surface area contributed by atoms with E-state index in [2.05, 4.69) is 10.0 Å². The molecule has 0 bridgehead atoms. The van der Waals surface area contributed by atoms with E-state index in [4.69, 9.17) is 21.1 Å². The van der Waals surface area contributed by atoms with Crippen molar-refractivity contribution in [1.29, 1.82) is 0 Å². The van der Waals surface area contributed by atoms with Gasteiger partial charge in [-0.1, -0.05) is 11.6 Å². The lowest BCUT2D eigenvalue weighted by molar-refractivity contribution is 0.0948. The van der Waals surface area contributed by atoms with Crippen molar-refractivity contribution in [2.45, 2.75) is 18.2 Å². The van der Waals surface area contributed by atoms with Crippen LogP contribution in [0.4, 0.5) is 5.69 Å². The van der Waals surface area contributed by atoms with Crippen LogP contribution in [0.2, 0.25) is 5.02 Å². The maximum atomic E-state index is 12.7. The van der Waals surface area contributed by atoms with Crippen LogP contribution in [0.25, 0.3) is 0 Å². The average molecular weight is 427 g/mol. The molecule has 1 amide bonds. The van der Waals surface area contributed by atoms with E-state index in [1.165, 1.54) is 18.2 Å². The summed E-state index contributed by atoms with van der Waals surface area (Å²) in [6, 6.07) is 10.6. The lowest BCUT2D eigenvalue weighted by atomic mass is 10.2. The predicted octanol–water partition coefficient (Wildman–Crippen LogP) is 3.31. The number of halogens is 1. The molecule has 0 radical (unpaired) electrons. The van der Waals surface area contributed by atoms with Gasteiger partial charge < -0.3 is 14.8 Å². The zero-order valence-electron chi connectivity index (χ0n) is 15.7. The van der Waals surface area contributed by atoms with Crippen LogP contribution >= 0.6 is 11.6 Å². The molecule has 0 unspecified atom stereocenters. The summed E-state index contributed by atoms with van der Waals surface area (Å²) in [5, 5.41) is 2.73. The average Bonchev–Trinajstić information content (AvgIpc) is 2.67. The third-order valence-corrected chi connectivity index (χ3v) is 5.57. The zero-order valence-corrected chi connectivity index (χ0v) is 17.3. The van der Waals surface area contributed by atoms with Crippen LogP contribution in [-0.2, 0) is 14.8 Å². The van der Waals surface area contributed by atoms with Gasteiger partial charge in [-0.15, -0.1) is 0 Å². The van der Waals surface area contributed by atoms with Gasteiger partial charge in [-0.05, 0) is 55.8 Å². The van der Waals surface area contributed by atoms with Crippen molar-refractivity contribution in [3.63, 3.8) is 0 Å². The van der Waals surface area contributed by atoms with Gasteiger partial charge in [0.15, 0.2) is 0 Å². The molecule has 0 aliphatic heterocycles. The molecule has 0 spiro atoms. The summed E-state index contributed by atoms with van der Waals surface area (Å²) in [7, 11) is -2.40. The molecular formula is C19H23ClN2O5S. The molecule has 28 heavy (non-hydrogen) atoms. The number of hydrogen-bond donors (Lipinski definition) is 2. The number of rotatable bonds is 10. The minimum absolute atomic E-state index is 0.0226. The number of anilines is 1. The fourth-order valence-corrected chi connectivity index (χ4v) is 3.95. The molecule has 152 valence electrons. The molecule has 0 aliphatic carbocycles. The Balaban J connectivity index is 2.16. The van der Waals surface area contributed by atoms with E-state index in [0.717, 1.165) is 0 Å². The van der Waals surface area contributed by atoms with Gasteiger partial charge in [0, 0.05) is 31.5 Å². The number of carbonyl (C=O) groups is 1. The molecule has 0 aromatic heterocycles. The van der Waals surface area contributed by atoms with E-state index in [-0.39, 0.29) is 21.4 Å². The number of amides is 1. The molecule has 0 aliphatic rings. The van der Waals surface area contributed by atoms with Crippen molar-refractivity contribution < 1.29 is 22.7 Å². The lowest BCUT2D eigenvalue weighted by Gasteiger charge is -2.12. The summed E-state index contributed by atoms with van der Waals surface area (Å²) >= 11 is 6.08. The standard InChI is InChI=1S/C19H23ClN2O5S/c1-3-27-16-8-6-15(7-9-16)22-28(24,25)18-13-14(5-10-17(18)20)19(23)21-11-4-12-26-2/h5-10,13,22H,3-4,11-12H2,1-2H3,(H,21,23). The fraction of sp³-hybridized carbons (Fsp3) is 0.316. The normalized spacial score (nSPS) is 11.1. The van der Waals surface area contributed by atoms with Crippen LogP contribution in [-0.4, -0.2) is 41.2 Å². The van der Waals surface area contributed by atoms with Crippen molar-refractivity contribution in [1.82, 2.24) is 5.32 Å². The van der Waals surface area contributed by atoms with Crippen molar-refractivity contribution >= 4 is 33.2 Å². The van der Waals surface area contributed by atoms with Crippen LogP contribution in [0.5, 0.6) is 5.75 Å². The molecule has 0 atom stereocenters. The second kappa shape index (κ2) is 10.3. The Morgan fingerprint density at radius 3 is 2.50 bits per heavy atom. The Morgan fingerprint density at radius 2 is 1.86 bits per heavy atom. The third-order valence-electron chi connectivity index (χ3n) is 3.71. The van der Waals surface area contributed by atoms with Crippen molar-refractivity contribution in [2.75, 3.05) is 31.6 Å². The largest absolute Gasteiger partial charge is 0.494 e. The van der Waals surface area contributed by atoms with E-state index >= 15 is 0 Å². The Labute approximate surface area is 170 Å². The molecule has 2 rings (SSSR count). The van der Waals surface area contributed by atoms with Gasteiger partial charge in [-0.2, -0.15) is 0 Å². The monoisotopic (exact) mass is 426 g/mol. The van der Waals surface area contributed by atoms with Crippen molar-refractivity contribution in [3.05, 3.63) is 53.1 Å². The second-order valence-corrected chi connectivity index (χ2v) is 7.87. The Morgan fingerprint density at radius 1 is 1.14 bits per heavy atom. The zero-order chi connectivity index (χ0) is 20.6. The molecule has 0 saturated heterocycles. The Kier molecular flexibility index (Phi) is 8.10. The number of sulfonamides is 1. The first-order valence-corrected chi connectivity index (χ1v) is 10.6. The van der Waals surface area contributed by atoms with Gasteiger partial charge >= 0.3 is 0 Å². The molecule has 0 heterocycles. The van der Waals surface area contributed by atoms with Crippen LogP contribution in [0.3, 0.4) is 0 Å². The van der Waals surface area contributed by atoms with E-state index < -0.39 is 10.0 Å². The summed E-state index contributed by atoms with van der Waals surface area (Å²) < 4.78 is 38.2. The number of carbonyl (C=O) groups excluding carboxylic acids is 1. The van der Waals surface area contributed by atoms with Crippen LogP contribution < -0.4 is 14.8 Å². The second-order valence-electron chi connectivity index (χ2n) is 5.81. The maximum absolute atomic E-state index is 12.7. The molecule has 2 N–H and O–H groups in total. The predicted molar refractivity (Wildman–Crippen MR) is 109 cm³/mol. The summed E-state index contributed by atoms with van der Waals surface area (Å²) in [6.07, 6.45) is 0.653. The van der Waals surface area contributed by atoms with E-state index in [9.17, 15) is 13.2 Å². The molecular weight excluding hydrogens is 404 g/mol. The van der Waals surface area contributed by atoms with Gasteiger partial charge in [0.05, 0.1) is 11.6 Å². The van der Waals surface area contributed by atoms with Crippen LogP contribution in [0, 0.1) is 0 Å². The smallest absolute Gasteiger partial charge is 0.263 e. The minimum Gasteiger partial charge on any atom is -0.494 e. The lowest BCUT2D eigenvalue weighted by Crippen LogP contribution is -2.25. The van der Waals surface area contributed by atoms with Gasteiger partial charge in [0.1, 0.15) is 10.6 Å². The highest BCUT2D eigenvalue weighted by atomic mass is 35.5. The first-order valence-electron chi connectivity index (χ1n) is 8.69. The van der Waals surface area contributed by atoms with Gasteiger partial charge in [0.2, 0.25) is 0 Å². The first-order chi connectivity index (χ1) is 13.4. The third kappa shape index (κ3) is 6.12. The van der Waals surface area contributed by atoms with Gasteiger partial charge in [-0.25, -0.2) is 8.42 Å². The number of ether oxygens (including phenoxy) is 2. The number of methoxy groups -OCH3 is 1. The van der Waals surface area contributed by atoms with E-state index in [1.54, 1.807) is 31.4 Å². The first kappa shape index (κ1) is 22.0. The van der Waals surface area contributed by atoms with Gasteiger partial charge in [-0.3, -0.25) is 9.52 Å². The van der Waals surface area contributed by atoms with Crippen molar-refractivity contribution in [2.24, 2.45) is 0 Å². The summed E-state index contributed by atoms with van der Waals surface area (Å²) in [5.74, 6) is 0.251. The summed E-state index contributed by atoms with van der Waals surface area (Å²) in [4.78, 5) is 12.1. The molecule has 2 aromatic rings. The van der Waals surface area contributed by atoms with Crippen LogP contribution in [0.15, 0.2) is 47.4 Å². The molecule has 9 heteroatoms. The number of nitrogens with one attached hydrogen (secondary N) is 2. The molecule has 7 nitrogen and oxygen atoms in total. The number of benzene rings is 2. The summed E-state index contributed by atoms with van der Waals surface area (Å²) in [5.41, 5.74) is 0.558. The highest BCUT2D eigenvalue weighted by Gasteiger charge is 2.20. The molecule has 0 saturated carbocycles. The maximum Gasteiger partial charge on any atom is 0.263 e. The van der Waals surface area contributed by atoms with E-state index in [0.29, 0.717) is 37.6 Å². The SMILES string of the molecule is CCOc1ccc(NS(=O)(=O)c2cc(C(=O)NCCCOC)ccc2Cl)cc1. The Bertz CT molecular complexity index is 901. The Hall–Kier alpha value is -2.29.